The first-order chi connectivity index (χ1) is 4.64. The number of hydrogen-bond acceptors (Lipinski definition) is 2. The molecular weight excluding hydrogens is 126 g/mol. The van der Waals surface area contributed by atoms with E-state index in [1.807, 2.05) is 0 Å². The second kappa shape index (κ2) is 2.89. The highest BCUT2D eigenvalue weighted by Crippen LogP contribution is 2.23. The molecule has 0 radical (unpaired) electrons. The van der Waals surface area contributed by atoms with Gasteiger partial charge < -0.3 is 10.4 Å². The predicted octanol–water partition coefficient (Wildman–Crippen LogP) is 0.899. The maximum atomic E-state index is 8.70. The highest BCUT2D eigenvalue weighted by Gasteiger charge is 2.28. The SMILES string of the molecule is CC(C)(CCO)NC1CC1. The van der Waals surface area contributed by atoms with Gasteiger partial charge in [-0.2, -0.15) is 0 Å². The smallest absolute Gasteiger partial charge is 0.0448 e. The van der Waals surface area contributed by atoms with Crippen LogP contribution in [0.2, 0.25) is 0 Å². The van der Waals surface area contributed by atoms with Crippen LogP contribution in [0, 0.1) is 0 Å². The Kier molecular flexibility index (Phi) is 2.32. The van der Waals surface area contributed by atoms with Gasteiger partial charge in [-0.3, -0.25) is 0 Å². The van der Waals surface area contributed by atoms with Gasteiger partial charge in [0.2, 0.25) is 0 Å². The monoisotopic (exact) mass is 143 g/mol. The summed E-state index contributed by atoms with van der Waals surface area (Å²) in [5.74, 6) is 0. The Bertz CT molecular complexity index is 108. The first kappa shape index (κ1) is 8.02. The van der Waals surface area contributed by atoms with Gasteiger partial charge in [0.1, 0.15) is 0 Å². The summed E-state index contributed by atoms with van der Waals surface area (Å²) in [4.78, 5) is 0. The summed E-state index contributed by atoms with van der Waals surface area (Å²) in [5.41, 5.74) is 0.135. The van der Waals surface area contributed by atoms with Crippen molar-refractivity contribution in [1.82, 2.24) is 5.32 Å². The van der Waals surface area contributed by atoms with E-state index in [-0.39, 0.29) is 12.1 Å². The van der Waals surface area contributed by atoms with E-state index in [0.717, 1.165) is 12.5 Å². The molecule has 0 atom stereocenters. The Labute approximate surface area is 62.6 Å². The average Bonchev–Trinajstić information content (AvgIpc) is 2.48. The molecule has 1 fully saturated rings. The second-order valence-electron chi connectivity index (χ2n) is 3.78. The van der Waals surface area contributed by atoms with Gasteiger partial charge in [-0.05, 0) is 33.1 Å². The Morgan fingerprint density at radius 1 is 1.50 bits per heavy atom. The van der Waals surface area contributed by atoms with Crippen LogP contribution >= 0.6 is 0 Å². The van der Waals surface area contributed by atoms with Crippen LogP contribution in [-0.4, -0.2) is 23.3 Å². The molecular formula is C8H17NO. The summed E-state index contributed by atoms with van der Waals surface area (Å²) in [6.07, 6.45) is 3.48. The number of aliphatic hydroxyl groups excluding tert-OH is 1. The third kappa shape index (κ3) is 2.67. The van der Waals surface area contributed by atoms with Gasteiger partial charge in [-0.1, -0.05) is 0 Å². The maximum absolute atomic E-state index is 8.70. The molecule has 0 heterocycles. The van der Waals surface area contributed by atoms with E-state index < -0.39 is 0 Å². The van der Waals surface area contributed by atoms with Crippen molar-refractivity contribution in [3.05, 3.63) is 0 Å². The van der Waals surface area contributed by atoms with Crippen LogP contribution in [0.15, 0.2) is 0 Å². The molecule has 2 nitrogen and oxygen atoms in total. The molecule has 1 rings (SSSR count). The van der Waals surface area contributed by atoms with Crippen LogP contribution < -0.4 is 5.32 Å². The molecule has 0 amide bonds. The number of hydrogen-bond donors (Lipinski definition) is 2. The van der Waals surface area contributed by atoms with E-state index in [1.54, 1.807) is 0 Å². The van der Waals surface area contributed by atoms with Crippen molar-refractivity contribution in [2.75, 3.05) is 6.61 Å². The van der Waals surface area contributed by atoms with Crippen molar-refractivity contribution < 1.29 is 5.11 Å². The Morgan fingerprint density at radius 2 is 2.10 bits per heavy atom. The van der Waals surface area contributed by atoms with Gasteiger partial charge in [-0.25, -0.2) is 0 Å². The zero-order valence-corrected chi connectivity index (χ0v) is 6.85. The molecule has 1 aliphatic rings. The summed E-state index contributed by atoms with van der Waals surface area (Å²) >= 11 is 0. The van der Waals surface area contributed by atoms with Crippen LogP contribution in [0.1, 0.15) is 33.1 Å². The van der Waals surface area contributed by atoms with Crippen molar-refractivity contribution in [3.63, 3.8) is 0 Å². The lowest BCUT2D eigenvalue weighted by atomic mass is 10.0. The van der Waals surface area contributed by atoms with Crippen LogP contribution in [0.3, 0.4) is 0 Å². The van der Waals surface area contributed by atoms with E-state index in [2.05, 4.69) is 19.2 Å². The zero-order valence-electron chi connectivity index (χ0n) is 6.85. The number of aliphatic hydroxyl groups is 1. The Balaban J connectivity index is 2.19. The molecule has 0 spiro atoms. The van der Waals surface area contributed by atoms with Gasteiger partial charge in [0, 0.05) is 18.2 Å². The van der Waals surface area contributed by atoms with Crippen molar-refractivity contribution in [3.8, 4) is 0 Å². The van der Waals surface area contributed by atoms with E-state index in [1.165, 1.54) is 12.8 Å². The molecule has 60 valence electrons. The standard InChI is InChI=1S/C8H17NO/c1-8(2,5-6-10)9-7-3-4-7/h7,9-10H,3-6H2,1-2H3. The minimum absolute atomic E-state index is 0.135. The molecule has 2 N–H and O–H groups in total. The minimum Gasteiger partial charge on any atom is -0.396 e. The van der Waals surface area contributed by atoms with Gasteiger partial charge in [-0.15, -0.1) is 0 Å². The summed E-state index contributed by atoms with van der Waals surface area (Å²) in [6, 6.07) is 0.738. The summed E-state index contributed by atoms with van der Waals surface area (Å²) in [6.45, 7) is 4.57. The molecule has 0 saturated heterocycles. The summed E-state index contributed by atoms with van der Waals surface area (Å²) in [5, 5.41) is 12.2. The van der Waals surface area contributed by atoms with Gasteiger partial charge >= 0.3 is 0 Å². The molecule has 0 unspecified atom stereocenters. The topological polar surface area (TPSA) is 32.3 Å². The molecule has 0 aromatic carbocycles. The van der Waals surface area contributed by atoms with E-state index in [4.69, 9.17) is 5.11 Å². The fraction of sp³-hybridized carbons (Fsp3) is 1.00. The second-order valence-corrected chi connectivity index (χ2v) is 3.78. The average molecular weight is 143 g/mol. The highest BCUT2D eigenvalue weighted by molar-refractivity contribution is 4.89. The molecule has 2 heteroatoms. The molecule has 0 aromatic heterocycles. The van der Waals surface area contributed by atoms with Gasteiger partial charge in [0.05, 0.1) is 0 Å². The largest absolute Gasteiger partial charge is 0.396 e. The molecule has 1 aliphatic carbocycles. The first-order valence-electron chi connectivity index (χ1n) is 4.02. The van der Waals surface area contributed by atoms with Gasteiger partial charge in [0.25, 0.3) is 0 Å². The molecule has 1 saturated carbocycles. The summed E-state index contributed by atoms with van der Waals surface area (Å²) in [7, 11) is 0. The maximum Gasteiger partial charge on any atom is 0.0448 e. The van der Waals surface area contributed by atoms with E-state index in [0.29, 0.717) is 0 Å². The van der Waals surface area contributed by atoms with Crippen LogP contribution in [0.4, 0.5) is 0 Å². The Morgan fingerprint density at radius 3 is 2.50 bits per heavy atom. The van der Waals surface area contributed by atoms with Crippen LogP contribution in [-0.2, 0) is 0 Å². The van der Waals surface area contributed by atoms with Crippen molar-refractivity contribution in [2.24, 2.45) is 0 Å². The molecule has 10 heavy (non-hydrogen) atoms. The fourth-order valence-electron chi connectivity index (χ4n) is 1.13. The van der Waals surface area contributed by atoms with Crippen molar-refractivity contribution >= 4 is 0 Å². The molecule has 0 aromatic rings. The summed E-state index contributed by atoms with van der Waals surface area (Å²) < 4.78 is 0. The lowest BCUT2D eigenvalue weighted by molar-refractivity contribution is 0.230. The number of rotatable bonds is 4. The third-order valence-electron chi connectivity index (χ3n) is 1.91. The van der Waals surface area contributed by atoms with Crippen LogP contribution in [0.25, 0.3) is 0 Å². The molecule has 0 bridgehead atoms. The van der Waals surface area contributed by atoms with Crippen molar-refractivity contribution in [2.45, 2.75) is 44.7 Å². The molecule has 0 aliphatic heterocycles. The normalized spacial score (nSPS) is 19.5. The Hall–Kier alpha value is -0.0800. The quantitative estimate of drug-likeness (QED) is 0.613. The number of nitrogens with one attached hydrogen (secondary N) is 1. The van der Waals surface area contributed by atoms with Gasteiger partial charge in [0.15, 0.2) is 0 Å². The minimum atomic E-state index is 0.135. The predicted molar refractivity (Wildman–Crippen MR) is 41.9 cm³/mol. The van der Waals surface area contributed by atoms with E-state index in [9.17, 15) is 0 Å². The van der Waals surface area contributed by atoms with E-state index >= 15 is 0 Å². The zero-order chi connectivity index (χ0) is 7.61. The van der Waals surface area contributed by atoms with Crippen molar-refractivity contribution in [1.29, 1.82) is 0 Å². The highest BCUT2D eigenvalue weighted by atomic mass is 16.3. The van der Waals surface area contributed by atoms with Crippen LogP contribution in [0.5, 0.6) is 0 Å². The first-order valence-corrected chi connectivity index (χ1v) is 4.02. The fourth-order valence-corrected chi connectivity index (χ4v) is 1.13. The third-order valence-corrected chi connectivity index (χ3v) is 1.91. The lowest BCUT2D eigenvalue weighted by Crippen LogP contribution is -2.41. The lowest BCUT2D eigenvalue weighted by Gasteiger charge is -2.25.